The van der Waals surface area contributed by atoms with Gasteiger partial charge in [-0.1, -0.05) is 13.8 Å². The second-order valence-electron chi connectivity index (χ2n) is 5.66. The lowest BCUT2D eigenvalue weighted by Crippen LogP contribution is -2.35. The molecule has 3 atom stereocenters. The summed E-state index contributed by atoms with van der Waals surface area (Å²) in [5.41, 5.74) is 1.20. The highest BCUT2D eigenvalue weighted by Gasteiger charge is 2.62. The van der Waals surface area contributed by atoms with E-state index in [1.165, 1.54) is 6.42 Å². The second kappa shape index (κ2) is 3.47. The summed E-state index contributed by atoms with van der Waals surface area (Å²) in [6.07, 6.45) is 4.24. The first kappa shape index (κ1) is 11.4. The van der Waals surface area contributed by atoms with E-state index in [2.05, 4.69) is 18.9 Å². The quantitative estimate of drug-likeness (QED) is 0.568. The first-order valence-corrected chi connectivity index (χ1v) is 5.93. The molecule has 0 aromatic rings. The monoisotopic (exact) mass is 224 g/mol. The number of hydrogen-bond donors (Lipinski definition) is 2. The Morgan fingerprint density at radius 1 is 1.62 bits per heavy atom. The predicted molar refractivity (Wildman–Crippen MR) is 62.0 cm³/mol. The van der Waals surface area contributed by atoms with Gasteiger partial charge in [0.25, 0.3) is 0 Å². The zero-order chi connectivity index (χ0) is 12.0. The maximum Gasteiger partial charge on any atom is 0.303 e. The summed E-state index contributed by atoms with van der Waals surface area (Å²) in [7, 11) is 0. The zero-order valence-corrected chi connectivity index (χ0v) is 9.99. The molecule has 0 aliphatic heterocycles. The van der Waals surface area contributed by atoms with Crippen LogP contribution in [0.5, 0.6) is 0 Å². The van der Waals surface area contributed by atoms with Gasteiger partial charge in [-0.3, -0.25) is 4.79 Å². The van der Waals surface area contributed by atoms with E-state index in [0.717, 1.165) is 25.0 Å². The molecule has 0 radical (unpaired) electrons. The van der Waals surface area contributed by atoms with Crippen molar-refractivity contribution in [3.8, 4) is 0 Å². The Kier molecular flexibility index (Phi) is 2.48. The van der Waals surface area contributed by atoms with Crippen molar-refractivity contribution in [1.82, 2.24) is 0 Å². The van der Waals surface area contributed by atoms with E-state index in [4.69, 9.17) is 10.9 Å². The topological polar surface area (TPSA) is 75.7 Å². The summed E-state index contributed by atoms with van der Waals surface area (Å²) in [5.74, 6) is 5.32. The molecule has 90 valence electrons. The molecule has 3 N–H and O–H groups in total. The third kappa shape index (κ3) is 1.28. The molecule has 0 unspecified atom stereocenters. The molecule has 16 heavy (non-hydrogen) atoms. The fraction of sp³-hybridized carbons (Fsp3) is 0.833. The minimum Gasteiger partial charge on any atom is -0.481 e. The Labute approximate surface area is 95.9 Å². The van der Waals surface area contributed by atoms with Gasteiger partial charge in [0, 0.05) is 17.5 Å². The summed E-state index contributed by atoms with van der Waals surface area (Å²) in [5, 5.41) is 12.8. The molecule has 4 heteroatoms. The van der Waals surface area contributed by atoms with Crippen molar-refractivity contribution >= 4 is 11.7 Å². The fourth-order valence-electron chi connectivity index (χ4n) is 3.82. The largest absolute Gasteiger partial charge is 0.481 e. The molecule has 0 aromatic heterocycles. The van der Waals surface area contributed by atoms with E-state index in [1.54, 1.807) is 0 Å². The average Bonchev–Trinajstić information content (AvgIpc) is 2.60. The van der Waals surface area contributed by atoms with Crippen LogP contribution in [0.2, 0.25) is 0 Å². The van der Waals surface area contributed by atoms with Gasteiger partial charge in [-0.2, -0.15) is 5.10 Å². The number of hydrogen-bond acceptors (Lipinski definition) is 3. The van der Waals surface area contributed by atoms with Crippen molar-refractivity contribution in [1.29, 1.82) is 0 Å². The Morgan fingerprint density at radius 3 is 2.81 bits per heavy atom. The van der Waals surface area contributed by atoms with Gasteiger partial charge in [-0.15, -0.1) is 0 Å². The van der Waals surface area contributed by atoms with Crippen LogP contribution in [0.15, 0.2) is 5.10 Å². The van der Waals surface area contributed by atoms with E-state index < -0.39 is 5.97 Å². The first-order valence-electron chi connectivity index (χ1n) is 5.93. The van der Waals surface area contributed by atoms with Gasteiger partial charge in [0.1, 0.15) is 0 Å². The summed E-state index contributed by atoms with van der Waals surface area (Å²) in [4.78, 5) is 10.7. The number of rotatable bonds is 3. The number of fused-ring (bicyclic) bond motifs is 2. The number of carbonyl (C=O) groups is 1. The lowest BCUT2D eigenvalue weighted by molar-refractivity contribution is -0.138. The van der Waals surface area contributed by atoms with Gasteiger partial charge < -0.3 is 10.9 Å². The van der Waals surface area contributed by atoms with E-state index >= 15 is 0 Å². The molecule has 2 bridgehead atoms. The van der Waals surface area contributed by atoms with Crippen LogP contribution >= 0.6 is 0 Å². The Bertz CT molecular complexity index is 353. The molecule has 0 saturated heterocycles. The number of nitrogens with zero attached hydrogens (tertiary/aromatic N) is 1. The Balaban J connectivity index is 2.25. The molecule has 2 saturated carbocycles. The van der Waals surface area contributed by atoms with Gasteiger partial charge in [-0.05, 0) is 37.0 Å². The van der Waals surface area contributed by atoms with E-state index in [0.29, 0.717) is 5.92 Å². The van der Waals surface area contributed by atoms with Gasteiger partial charge >= 0.3 is 5.97 Å². The van der Waals surface area contributed by atoms with Crippen molar-refractivity contribution < 1.29 is 9.90 Å². The molecular weight excluding hydrogens is 204 g/mol. The number of nitrogens with two attached hydrogens (primary N) is 1. The third-order valence-corrected chi connectivity index (χ3v) is 5.25. The zero-order valence-electron chi connectivity index (χ0n) is 9.99. The van der Waals surface area contributed by atoms with Crippen LogP contribution in [0.1, 0.15) is 46.0 Å². The molecule has 2 rings (SSSR count). The standard InChI is InChI=1S/C12H20N2O2/c1-11(6-4-10(15)16)8-3-5-12(11,2)9(7-8)14-13/h8H,3-7,13H2,1-2H3,(H,15,16)/b14-9-/t8-,11-,12+/m0/s1. The molecule has 0 aromatic carbocycles. The van der Waals surface area contributed by atoms with Crippen LogP contribution in [0.25, 0.3) is 0 Å². The lowest BCUT2D eigenvalue weighted by Gasteiger charge is -2.37. The minimum absolute atomic E-state index is 0.0296. The third-order valence-electron chi connectivity index (χ3n) is 5.25. The molecule has 2 aliphatic carbocycles. The normalized spacial score (nSPS) is 44.1. The van der Waals surface area contributed by atoms with Crippen LogP contribution in [0, 0.1) is 16.7 Å². The number of hydrazone groups is 1. The Morgan fingerprint density at radius 2 is 2.31 bits per heavy atom. The molecular formula is C12H20N2O2. The minimum atomic E-state index is -0.706. The van der Waals surface area contributed by atoms with Gasteiger partial charge in [-0.25, -0.2) is 0 Å². The first-order chi connectivity index (χ1) is 7.44. The Hall–Kier alpha value is -1.06. The summed E-state index contributed by atoms with van der Waals surface area (Å²) < 4.78 is 0. The van der Waals surface area contributed by atoms with Crippen molar-refractivity contribution in [3.63, 3.8) is 0 Å². The van der Waals surface area contributed by atoms with Crippen molar-refractivity contribution in [2.24, 2.45) is 27.7 Å². The molecule has 2 fully saturated rings. The predicted octanol–water partition coefficient (Wildman–Crippen LogP) is 1.99. The van der Waals surface area contributed by atoms with Crippen LogP contribution in [-0.2, 0) is 4.79 Å². The SMILES string of the molecule is C[C@]1(CCC(=O)O)[C@H]2CC[C@]1(C)/C(=N\N)C2. The maximum atomic E-state index is 10.7. The highest BCUT2D eigenvalue weighted by atomic mass is 16.4. The van der Waals surface area contributed by atoms with Crippen LogP contribution < -0.4 is 5.84 Å². The second-order valence-corrected chi connectivity index (χ2v) is 5.66. The van der Waals surface area contributed by atoms with Gasteiger partial charge in [0.15, 0.2) is 0 Å². The van der Waals surface area contributed by atoms with Crippen molar-refractivity contribution in [2.75, 3.05) is 0 Å². The molecule has 4 nitrogen and oxygen atoms in total. The van der Waals surface area contributed by atoms with E-state index in [9.17, 15) is 4.79 Å². The molecule has 2 aliphatic rings. The van der Waals surface area contributed by atoms with Crippen LogP contribution in [0.4, 0.5) is 0 Å². The van der Waals surface area contributed by atoms with Gasteiger partial charge in [0.05, 0.1) is 0 Å². The highest BCUT2D eigenvalue weighted by Crippen LogP contribution is 2.65. The highest BCUT2D eigenvalue weighted by molar-refractivity contribution is 5.94. The van der Waals surface area contributed by atoms with Crippen molar-refractivity contribution in [3.05, 3.63) is 0 Å². The summed E-state index contributed by atoms with van der Waals surface area (Å²) in [6.45, 7) is 4.42. The molecule has 0 spiro atoms. The fourth-order valence-corrected chi connectivity index (χ4v) is 3.82. The number of carboxylic acids is 1. The van der Waals surface area contributed by atoms with Crippen LogP contribution in [0.3, 0.4) is 0 Å². The summed E-state index contributed by atoms with van der Waals surface area (Å²) >= 11 is 0. The van der Waals surface area contributed by atoms with E-state index in [1.807, 2.05) is 0 Å². The van der Waals surface area contributed by atoms with Crippen LogP contribution in [-0.4, -0.2) is 16.8 Å². The molecule has 0 heterocycles. The average molecular weight is 224 g/mol. The van der Waals surface area contributed by atoms with E-state index in [-0.39, 0.29) is 17.3 Å². The lowest BCUT2D eigenvalue weighted by atomic mass is 9.66. The number of aliphatic carboxylic acids is 1. The number of carboxylic acid groups (broad SMARTS) is 1. The van der Waals surface area contributed by atoms with Gasteiger partial charge in [0.2, 0.25) is 0 Å². The van der Waals surface area contributed by atoms with Crippen molar-refractivity contribution in [2.45, 2.75) is 46.0 Å². The summed E-state index contributed by atoms with van der Waals surface area (Å²) in [6, 6.07) is 0. The maximum absolute atomic E-state index is 10.7. The smallest absolute Gasteiger partial charge is 0.303 e. The molecule has 0 amide bonds.